The third-order valence-corrected chi connectivity index (χ3v) is 6.27. The van der Waals surface area contributed by atoms with E-state index in [1.165, 1.54) is 6.07 Å². The number of esters is 2. The summed E-state index contributed by atoms with van der Waals surface area (Å²) in [4.78, 5) is 26.7. The molecule has 2 aromatic carbocycles. The smallest absolute Gasteiger partial charge is 0.317 e. The second-order valence-corrected chi connectivity index (χ2v) is 10.00. The predicted molar refractivity (Wildman–Crippen MR) is 124 cm³/mol. The number of rotatable bonds is 7. The highest BCUT2D eigenvalue weighted by Gasteiger charge is 2.55. The highest BCUT2D eigenvalue weighted by Crippen LogP contribution is 2.50. The number of benzene rings is 2. The van der Waals surface area contributed by atoms with E-state index in [9.17, 15) is 14.0 Å². The van der Waals surface area contributed by atoms with Crippen molar-refractivity contribution in [2.75, 3.05) is 0 Å². The molecule has 4 nitrogen and oxygen atoms in total. The quantitative estimate of drug-likeness (QED) is 0.341. The second-order valence-electron chi connectivity index (χ2n) is 9.15. The summed E-state index contributed by atoms with van der Waals surface area (Å²) in [5.41, 5.74) is 0.133. The van der Waals surface area contributed by atoms with E-state index in [-0.39, 0.29) is 23.4 Å². The van der Waals surface area contributed by atoms with Gasteiger partial charge in [0.2, 0.25) is 0 Å². The fourth-order valence-electron chi connectivity index (χ4n) is 4.36. The molecule has 2 atom stereocenters. The van der Waals surface area contributed by atoms with E-state index in [2.05, 4.69) is 22.5 Å². The van der Waals surface area contributed by atoms with Gasteiger partial charge in [0.15, 0.2) is 0 Å². The van der Waals surface area contributed by atoms with E-state index in [0.717, 1.165) is 5.56 Å². The Labute approximate surface area is 196 Å². The standard InChI is InChI=1S/C26H28BrFO4/c1-5-9-19-12-18-13-22(28)21(27)14-20(18)26(19,15-23(29)32-25(2,3)4)24(30)31-16-17-10-7-6-8-11-17/h5-8,10-11,13-14,19H,1,9,12,15-16H2,2-4H3/t19-,26-/m0/s1. The van der Waals surface area contributed by atoms with Crippen molar-refractivity contribution in [3.05, 3.63) is 82.1 Å². The molecule has 0 heterocycles. The van der Waals surface area contributed by atoms with Gasteiger partial charge < -0.3 is 9.47 Å². The molecule has 0 spiro atoms. The van der Waals surface area contributed by atoms with Crippen LogP contribution >= 0.6 is 15.9 Å². The molecule has 0 radical (unpaired) electrons. The molecular weight excluding hydrogens is 475 g/mol. The van der Waals surface area contributed by atoms with Gasteiger partial charge in [0, 0.05) is 0 Å². The number of hydrogen-bond donors (Lipinski definition) is 0. The van der Waals surface area contributed by atoms with Gasteiger partial charge in [-0.25, -0.2) is 4.39 Å². The zero-order valence-corrected chi connectivity index (χ0v) is 20.2. The lowest BCUT2D eigenvalue weighted by Crippen LogP contribution is -2.44. The van der Waals surface area contributed by atoms with Crippen LogP contribution in [0.25, 0.3) is 0 Å². The molecule has 2 aromatic rings. The van der Waals surface area contributed by atoms with Crippen LogP contribution in [0, 0.1) is 11.7 Å². The first kappa shape index (κ1) is 24.2. The first-order chi connectivity index (χ1) is 15.1. The molecule has 170 valence electrons. The molecule has 6 heteroatoms. The van der Waals surface area contributed by atoms with Crippen molar-refractivity contribution < 1.29 is 23.5 Å². The van der Waals surface area contributed by atoms with E-state index >= 15 is 0 Å². The average Bonchev–Trinajstić information content (AvgIpc) is 2.99. The lowest BCUT2D eigenvalue weighted by Gasteiger charge is -2.34. The molecule has 0 unspecified atom stereocenters. The lowest BCUT2D eigenvalue weighted by molar-refractivity contribution is -0.165. The van der Waals surface area contributed by atoms with E-state index in [0.29, 0.717) is 24.0 Å². The number of allylic oxidation sites excluding steroid dienone is 1. The third kappa shape index (κ3) is 5.12. The van der Waals surface area contributed by atoms with Crippen LogP contribution in [0.1, 0.15) is 50.3 Å². The van der Waals surface area contributed by atoms with E-state index < -0.39 is 28.8 Å². The van der Waals surface area contributed by atoms with Gasteiger partial charge in [0.05, 0.1) is 10.9 Å². The monoisotopic (exact) mass is 502 g/mol. The Morgan fingerprint density at radius 1 is 1.25 bits per heavy atom. The Balaban J connectivity index is 2.05. The summed E-state index contributed by atoms with van der Waals surface area (Å²) < 4.78 is 25.9. The summed E-state index contributed by atoms with van der Waals surface area (Å²) in [6.45, 7) is 9.24. The molecule has 0 N–H and O–H groups in total. The normalized spacial score (nSPS) is 19.8. The minimum Gasteiger partial charge on any atom is -0.460 e. The fourth-order valence-corrected chi connectivity index (χ4v) is 4.71. The molecule has 0 aromatic heterocycles. The minimum absolute atomic E-state index is 0.0776. The zero-order chi connectivity index (χ0) is 23.5. The summed E-state index contributed by atoms with van der Waals surface area (Å²) >= 11 is 3.24. The molecule has 0 saturated heterocycles. The van der Waals surface area contributed by atoms with Gasteiger partial charge in [-0.3, -0.25) is 9.59 Å². The Morgan fingerprint density at radius 2 is 1.94 bits per heavy atom. The minimum atomic E-state index is -1.29. The lowest BCUT2D eigenvalue weighted by atomic mass is 9.70. The van der Waals surface area contributed by atoms with Crippen LogP contribution in [0.2, 0.25) is 0 Å². The maximum atomic E-state index is 14.3. The van der Waals surface area contributed by atoms with Crippen LogP contribution in [-0.2, 0) is 37.5 Å². The van der Waals surface area contributed by atoms with Crippen molar-refractivity contribution in [2.45, 2.75) is 57.7 Å². The van der Waals surface area contributed by atoms with Gasteiger partial charge in [0.1, 0.15) is 23.4 Å². The fraction of sp³-hybridized carbons (Fsp3) is 0.385. The van der Waals surface area contributed by atoms with Gasteiger partial charge in [-0.1, -0.05) is 36.4 Å². The first-order valence-corrected chi connectivity index (χ1v) is 11.4. The van der Waals surface area contributed by atoms with E-state index in [1.807, 2.05) is 30.3 Å². The van der Waals surface area contributed by atoms with Gasteiger partial charge in [-0.15, -0.1) is 6.58 Å². The summed E-state index contributed by atoms with van der Waals surface area (Å²) in [7, 11) is 0. The number of hydrogen-bond acceptors (Lipinski definition) is 4. The van der Waals surface area contributed by atoms with Gasteiger partial charge in [-0.05, 0) is 84.3 Å². The Kier molecular flexibility index (Phi) is 7.23. The highest BCUT2D eigenvalue weighted by molar-refractivity contribution is 9.10. The molecule has 0 bridgehead atoms. The van der Waals surface area contributed by atoms with E-state index in [1.54, 1.807) is 32.9 Å². The van der Waals surface area contributed by atoms with Crippen molar-refractivity contribution in [1.29, 1.82) is 0 Å². The number of fused-ring (bicyclic) bond motifs is 1. The molecular formula is C26H28BrFO4. The third-order valence-electron chi connectivity index (χ3n) is 5.66. The summed E-state index contributed by atoms with van der Waals surface area (Å²) in [5, 5.41) is 0. The van der Waals surface area contributed by atoms with Crippen molar-refractivity contribution >= 4 is 27.9 Å². The van der Waals surface area contributed by atoms with Crippen LogP contribution in [0.5, 0.6) is 0 Å². The highest BCUT2D eigenvalue weighted by atomic mass is 79.9. The van der Waals surface area contributed by atoms with Crippen molar-refractivity contribution in [3.8, 4) is 0 Å². The van der Waals surface area contributed by atoms with Crippen molar-refractivity contribution in [2.24, 2.45) is 5.92 Å². The number of carbonyl (C=O) groups excluding carboxylic acids is 2. The van der Waals surface area contributed by atoms with Crippen LogP contribution in [0.3, 0.4) is 0 Å². The van der Waals surface area contributed by atoms with Gasteiger partial charge in [-0.2, -0.15) is 0 Å². The molecule has 32 heavy (non-hydrogen) atoms. The Bertz CT molecular complexity index is 1010. The summed E-state index contributed by atoms with van der Waals surface area (Å²) in [6, 6.07) is 12.4. The number of carbonyl (C=O) groups is 2. The zero-order valence-electron chi connectivity index (χ0n) is 18.6. The second kappa shape index (κ2) is 9.57. The number of ether oxygens (including phenoxy) is 2. The van der Waals surface area contributed by atoms with Crippen LogP contribution in [0.4, 0.5) is 4.39 Å². The molecule has 0 saturated carbocycles. The van der Waals surface area contributed by atoms with Crippen LogP contribution in [-0.4, -0.2) is 17.5 Å². The Morgan fingerprint density at radius 3 is 2.56 bits per heavy atom. The Hall–Kier alpha value is -2.47. The molecule has 0 aliphatic heterocycles. The molecule has 3 rings (SSSR count). The van der Waals surface area contributed by atoms with Gasteiger partial charge in [0.25, 0.3) is 0 Å². The van der Waals surface area contributed by atoms with Gasteiger partial charge >= 0.3 is 11.9 Å². The van der Waals surface area contributed by atoms with Crippen molar-refractivity contribution in [3.63, 3.8) is 0 Å². The van der Waals surface area contributed by atoms with E-state index in [4.69, 9.17) is 9.47 Å². The largest absolute Gasteiger partial charge is 0.460 e. The molecule has 0 fully saturated rings. The maximum absolute atomic E-state index is 14.3. The molecule has 1 aliphatic carbocycles. The summed E-state index contributed by atoms with van der Waals surface area (Å²) in [6.07, 6.45) is 2.43. The number of halogens is 2. The maximum Gasteiger partial charge on any atom is 0.317 e. The topological polar surface area (TPSA) is 52.6 Å². The average molecular weight is 503 g/mol. The predicted octanol–water partition coefficient (Wildman–Crippen LogP) is 6.05. The summed E-state index contributed by atoms with van der Waals surface area (Å²) in [5.74, 6) is -1.74. The molecule has 0 amide bonds. The van der Waals surface area contributed by atoms with Crippen LogP contribution < -0.4 is 0 Å². The molecule has 1 aliphatic rings. The van der Waals surface area contributed by atoms with Crippen molar-refractivity contribution in [1.82, 2.24) is 0 Å². The van der Waals surface area contributed by atoms with Crippen LogP contribution in [0.15, 0.2) is 59.6 Å². The SMILES string of the molecule is C=CC[C@H]1Cc2cc(F)c(Br)cc2[C@@]1(CC(=O)OC(C)(C)C)C(=O)OCc1ccccc1. The first-order valence-electron chi connectivity index (χ1n) is 10.6.